The number of nitrogen functional groups attached to an aromatic ring is 1. The minimum absolute atomic E-state index is 0.208. The molecular weight excluding hydrogens is 260 g/mol. The Hall–Kier alpha value is -1.92. The molecule has 2 aromatic rings. The lowest BCUT2D eigenvalue weighted by Gasteiger charge is -2.04. The molecule has 0 spiro atoms. The summed E-state index contributed by atoms with van der Waals surface area (Å²) in [5, 5.41) is 2.85. The smallest absolute Gasteiger partial charge is 0.270 e. The van der Waals surface area contributed by atoms with E-state index in [9.17, 15) is 4.79 Å². The Balaban J connectivity index is 2.00. The fourth-order valence-corrected chi connectivity index (χ4v) is 2.63. The van der Waals surface area contributed by atoms with E-state index in [-0.39, 0.29) is 5.91 Å². The van der Waals surface area contributed by atoms with Crippen LogP contribution in [0.3, 0.4) is 0 Å². The Kier molecular flexibility index (Phi) is 4.13. The maximum absolute atomic E-state index is 11.9. The van der Waals surface area contributed by atoms with E-state index < -0.39 is 0 Å². The summed E-state index contributed by atoms with van der Waals surface area (Å²) in [5.41, 5.74) is 4.02. The van der Waals surface area contributed by atoms with E-state index in [1.54, 1.807) is 29.5 Å². The Morgan fingerprint density at radius 3 is 2.84 bits per heavy atom. The molecule has 4 N–H and O–H groups in total. The molecule has 1 amide bonds. The molecule has 2 rings (SSSR count). The van der Waals surface area contributed by atoms with Crippen molar-refractivity contribution in [2.24, 2.45) is 5.84 Å². The third-order valence-corrected chi connectivity index (χ3v) is 3.92. The van der Waals surface area contributed by atoms with Gasteiger partial charge in [-0.05, 0) is 37.6 Å². The summed E-state index contributed by atoms with van der Waals surface area (Å²) < 4.78 is 0. The number of carbonyl (C=O) groups excluding carboxylic acids is 1. The summed E-state index contributed by atoms with van der Waals surface area (Å²) in [5.74, 6) is 5.52. The van der Waals surface area contributed by atoms with Crippen molar-refractivity contribution in [3.05, 3.63) is 45.3 Å². The number of nitrogens with one attached hydrogen (secondary N) is 2. The number of nitrogens with two attached hydrogens (primary N) is 1. The van der Waals surface area contributed by atoms with Crippen LogP contribution in [0, 0.1) is 13.8 Å². The van der Waals surface area contributed by atoms with E-state index >= 15 is 0 Å². The molecule has 19 heavy (non-hydrogen) atoms. The highest BCUT2D eigenvalue weighted by molar-refractivity contribution is 7.12. The van der Waals surface area contributed by atoms with Crippen LogP contribution in [0.15, 0.2) is 24.3 Å². The van der Waals surface area contributed by atoms with Crippen LogP contribution in [0.5, 0.6) is 0 Å². The fraction of sp³-hybridized carbons (Fsp3) is 0.231. The standard InChI is InChI=1S/C13H16N4OS/c1-8-6-10(19-9(8)2)7-15-13(18)11-4-3-5-12(16-11)17-14/h3-6H,7,14H2,1-2H3,(H,15,18)(H,16,17). The van der Waals surface area contributed by atoms with E-state index in [1.807, 2.05) is 0 Å². The summed E-state index contributed by atoms with van der Waals surface area (Å²) >= 11 is 1.69. The second kappa shape index (κ2) is 5.81. The van der Waals surface area contributed by atoms with Crippen molar-refractivity contribution in [3.8, 4) is 0 Å². The van der Waals surface area contributed by atoms with Crippen molar-refractivity contribution >= 4 is 23.1 Å². The number of nitrogens with zero attached hydrogens (tertiary/aromatic N) is 1. The molecule has 2 aromatic heterocycles. The highest BCUT2D eigenvalue weighted by Gasteiger charge is 2.08. The minimum atomic E-state index is -0.208. The molecule has 0 aromatic carbocycles. The third kappa shape index (κ3) is 3.30. The Morgan fingerprint density at radius 2 is 2.21 bits per heavy atom. The van der Waals surface area contributed by atoms with E-state index in [0.29, 0.717) is 18.1 Å². The van der Waals surface area contributed by atoms with Crippen LogP contribution in [0.25, 0.3) is 0 Å². The van der Waals surface area contributed by atoms with Gasteiger partial charge in [-0.15, -0.1) is 11.3 Å². The predicted octanol–water partition coefficient (Wildman–Crippen LogP) is 1.98. The van der Waals surface area contributed by atoms with Gasteiger partial charge in [0.1, 0.15) is 11.5 Å². The number of amides is 1. The number of pyridine rings is 1. The highest BCUT2D eigenvalue weighted by atomic mass is 32.1. The van der Waals surface area contributed by atoms with Crippen LogP contribution in [0.4, 0.5) is 5.82 Å². The summed E-state index contributed by atoms with van der Waals surface area (Å²) in [6.45, 7) is 4.65. The zero-order valence-corrected chi connectivity index (χ0v) is 11.7. The van der Waals surface area contributed by atoms with Crippen molar-refractivity contribution in [3.63, 3.8) is 0 Å². The Bertz CT molecular complexity index is 575. The quantitative estimate of drug-likeness (QED) is 0.589. The molecule has 0 atom stereocenters. The second-order valence-corrected chi connectivity index (χ2v) is 5.53. The van der Waals surface area contributed by atoms with Gasteiger partial charge in [-0.1, -0.05) is 6.07 Å². The molecule has 0 aliphatic carbocycles. The first-order valence-corrected chi connectivity index (χ1v) is 6.69. The molecule has 5 nitrogen and oxygen atoms in total. The number of aryl methyl sites for hydroxylation is 2. The molecule has 2 heterocycles. The molecule has 0 bridgehead atoms. The van der Waals surface area contributed by atoms with Crippen molar-refractivity contribution in [1.29, 1.82) is 0 Å². The first-order valence-electron chi connectivity index (χ1n) is 5.88. The molecule has 0 unspecified atom stereocenters. The molecule has 100 valence electrons. The molecule has 6 heteroatoms. The Labute approximate surface area is 115 Å². The van der Waals surface area contributed by atoms with Gasteiger partial charge in [0.25, 0.3) is 5.91 Å². The van der Waals surface area contributed by atoms with Crippen LogP contribution >= 0.6 is 11.3 Å². The van der Waals surface area contributed by atoms with E-state index in [2.05, 4.69) is 35.6 Å². The van der Waals surface area contributed by atoms with Gasteiger partial charge in [0.05, 0.1) is 6.54 Å². The number of rotatable bonds is 4. The summed E-state index contributed by atoms with van der Waals surface area (Å²) in [7, 11) is 0. The molecule has 0 aliphatic rings. The SMILES string of the molecule is Cc1cc(CNC(=O)c2cccc(NN)n2)sc1C. The largest absolute Gasteiger partial charge is 0.346 e. The minimum Gasteiger partial charge on any atom is -0.346 e. The fourth-order valence-electron chi connectivity index (χ4n) is 1.64. The van der Waals surface area contributed by atoms with E-state index in [1.165, 1.54) is 10.4 Å². The number of hydrogen-bond acceptors (Lipinski definition) is 5. The molecule has 0 fully saturated rings. The second-order valence-electron chi connectivity index (χ2n) is 4.19. The third-order valence-electron chi connectivity index (χ3n) is 2.77. The van der Waals surface area contributed by atoms with E-state index in [0.717, 1.165) is 4.88 Å². The number of carbonyl (C=O) groups is 1. The van der Waals surface area contributed by atoms with Crippen LogP contribution < -0.4 is 16.6 Å². The van der Waals surface area contributed by atoms with Crippen LogP contribution in [0.1, 0.15) is 25.8 Å². The number of thiophene rings is 1. The average Bonchev–Trinajstić information content (AvgIpc) is 2.75. The number of hydrazine groups is 1. The maximum Gasteiger partial charge on any atom is 0.270 e. The average molecular weight is 276 g/mol. The lowest BCUT2D eigenvalue weighted by Crippen LogP contribution is -2.24. The molecule has 0 radical (unpaired) electrons. The first-order chi connectivity index (χ1) is 9.10. The van der Waals surface area contributed by atoms with Gasteiger partial charge in [-0.25, -0.2) is 10.8 Å². The molecular formula is C13H16N4OS. The molecule has 0 saturated heterocycles. The van der Waals surface area contributed by atoms with Gasteiger partial charge in [-0.2, -0.15) is 0 Å². The predicted molar refractivity (Wildman–Crippen MR) is 77.0 cm³/mol. The monoisotopic (exact) mass is 276 g/mol. The van der Waals surface area contributed by atoms with Crippen LogP contribution in [0.2, 0.25) is 0 Å². The van der Waals surface area contributed by atoms with Crippen molar-refractivity contribution < 1.29 is 4.79 Å². The zero-order chi connectivity index (χ0) is 13.8. The van der Waals surface area contributed by atoms with Gasteiger partial charge < -0.3 is 10.7 Å². The topological polar surface area (TPSA) is 80.0 Å². The van der Waals surface area contributed by atoms with Crippen molar-refractivity contribution in [2.75, 3.05) is 5.43 Å². The summed E-state index contributed by atoms with van der Waals surface area (Å²) in [6, 6.07) is 7.17. The summed E-state index contributed by atoms with van der Waals surface area (Å²) in [4.78, 5) is 18.4. The summed E-state index contributed by atoms with van der Waals surface area (Å²) in [6.07, 6.45) is 0. The zero-order valence-electron chi connectivity index (χ0n) is 10.9. The van der Waals surface area contributed by atoms with Crippen LogP contribution in [-0.2, 0) is 6.54 Å². The van der Waals surface area contributed by atoms with Crippen LogP contribution in [-0.4, -0.2) is 10.9 Å². The van der Waals surface area contributed by atoms with Crippen molar-refractivity contribution in [1.82, 2.24) is 10.3 Å². The van der Waals surface area contributed by atoms with Gasteiger partial charge >= 0.3 is 0 Å². The number of hydrogen-bond donors (Lipinski definition) is 3. The highest BCUT2D eigenvalue weighted by Crippen LogP contribution is 2.20. The molecule has 0 saturated carbocycles. The number of anilines is 1. The normalized spacial score (nSPS) is 10.3. The van der Waals surface area contributed by atoms with Gasteiger partial charge in [0, 0.05) is 9.75 Å². The van der Waals surface area contributed by atoms with Crippen molar-refractivity contribution in [2.45, 2.75) is 20.4 Å². The maximum atomic E-state index is 11.9. The van der Waals surface area contributed by atoms with Gasteiger partial charge in [-0.3, -0.25) is 4.79 Å². The van der Waals surface area contributed by atoms with Gasteiger partial charge in [0.2, 0.25) is 0 Å². The number of aromatic nitrogens is 1. The first kappa shape index (κ1) is 13.5. The lowest BCUT2D eigenvalue weighted by molar-refractivity contribution is 0.0946. The lowest BCUT2D eigenvalue weighted by atomic mass is 10.3. The molecule has 0 aliphatic heterocycles. The van der Waals surface area contributed by atoms with E-state index in [4.69, 9.17) is 5.84 Å². The Morgan fingerprint density at radius 1 is 1.42 bits per heavy atom. The van der Waals surface area contributed by atoms with Gasteiger partial charge in [0.15, 0.2) is 0 Å².